The van der Waals surface area contributed by atoms with Crippen LogP contribution in [-0.4, -0.2) is 6.36 Å². The molecule has 1 aromatic rings. The lowest BCUT2D eigenvalue weighted by Crippen LogP contribution is -2.18. The molecule has 1 aliphatic rings. The molecule has 0 aliphatic carbocycles. The van der Waals surface area contributed by atoms with Crippen molar-refractivity contribution in [2.75, 3.05) is 0 Å². The van der Waals surface area contributed by atoms with Crippen LogP contribution in [0, 0.1) is 5.82 Å². The van der Waals surface area contributed by atoms with Gasteiger partial charge in [0.25, 0.3) is 0 Å². The van der Waals surface area contributed by atoms with Crippen LogP contribution < -0.4 is 10.2 Å². The number of hydroxylamine groups is 1. The smallest absolute Gasteiger partial charge is 0.403 e. The first-order valence-corrected chi connectivity index (χ1v) is 5.48. The molecule has 0 fully saturated rings. The third-order valence-electron chi connectivity index (χ3n) is 2.09. The topological polar surface area (TPSA) is 30.5 Å². The van der Waals surface area contributed by atoms with Crippen LogP contribution in [-0.2, 0) is 4.84 Å². The molecule has 0 aromatic heterocycles. The summed E-state index contributed by atoms with van der Waals surface area (Å²) in [5.74, 6) is -1.98. The monoisotopic (exact) mass is 327 g/mol. The maximum Gasteiger partial charge on any atom is 0.573 e. The lowest BCUT2D eigenvalue weighted by molar-refractivity contribution is -0.275. The average molecular weight is 328 g/mol. The molecule has 8 heteroatoms. The van der Waals surface area contributed by atoms with Crippen molar-refractivity contribution in [1.82, 2.24) is 5.48 Å². The van der Waals surface area contributed by atoms with E-state index >= 15 is 0 Å². The first-order chi connectivity index (χ1) is 8.35. The van der Waals surface area contributed by atoms with Crippen molar-refractivity contribution < 1.29 is 27.1 Å². The molecule has 0 saturated heterocycles. The lowest BCUT2D eigenvalue weighted by atomic mass is 10.1. The molecule has 1 aliphatic heterocycles. The summed E-state index contributed by atoms with van der Waals surface area (Å²) in [4.78, 5) is 5.03. The molecule has 3 nitrogen and oxygen atoms in total. The van der Waals surface area contributed by atoms with Crippen molar-refractivity contribution in [2.45, 2.75) is 12.5 Å². The van der Waals surface area contributed by atoms with E-state index in [2.05, 4.69) is 26.1 Å². The van der Waals surface area contributed by atoms with Gasteiger partial charge in [0.1, 0.15) is 10.7 Å². The highest BCUT2D eigenvalue weighted by Gasteiger charge is 2.32. The molecule has 1 unspecified atom stereocenters. The number of hydrogen-bond donors (Lipinski definition) is 1. The Kier molecular flexibility index (Phi) is 3.49. The van der Waals surface area contributed by atoms with Crippen molar-refractivity contribution in [3.63, 3.8) is 0 Å². The first-order valence-electron chi connectivity index (χ1n) is 4.69. The first kappa shape index (κ1) is 13.2. The summed E-state index contributed by atoms with van der Waals surface area (Å²) < 4.78 is 53.3. The van der Waals surface area contributed by atoms with Crippen molar-refractivity contribution in [3.8, 4) is 5.75 Å². The number of halogens is 5. The predicted molar refractivity (Wildman–Crippen MR) is 57.1 cm³/mol. The maximum absolute atomic E-state index is 13.4. The largest absolute Gasteiger partial charge is 0.573 e. The van der Waals surface area contributed by atoms with Crippen molar-refractivity contribution in [3.05, 3.63) is 40.3 Å². The molecule has 18 heavy (non-hydrogen) atoms. The van der Waals surface area contributed by atoms with Gasteiger partial charge >= 0.3 is 6.36 Å². The number of ether oxygens (including phenoxy) is 1. The molecule has 0 radical (unpaired) electrons. The van der Waals surface area contributed by atoms with E-state index in [4.69, 9.17) is 4.84 Å². The van der Waals surface area contributed by atoms with Crippen molar-refractivity contribution >= 4 is 15.9 Å². The van der Waals surface area contributed by atoms with Crippen LogP contribution in [0.25, 0.3) is 0 Å². The van der Waals surface area contributed by atoms with Crippen LogP contribution in [0.3, 0.4) is 0 Å². The number of rotatable bonds is 2. The van der Waals surface area contributed by atoms with Gasteiger partial charge in [0.05, 0.1) is 0 Å². The third kappa shape index (κ3) is 3.14. The van der Waals surface area contributed by atoms with Crippen LogP contribution in [0.5, 0.6) is 5.75 Å². The van der Waals surface area contributed by atoms with Gasteiger partial charge in [-0.25, -0.2) is 4.39 Å². The van der Waals surface area contributed by atoms with E-state index in [1.54, 1.807) is 6.08 Å². The Morgan fingerprint density at radius 3 is 2.56 bits per heavy atom. The number of alkyl halides is 3. The number of nitrogens with one attached hydrogen (secondary N) is 1. The summed E-state index contributed by atoms with van der Waals surface area (Å²) >= 11 is 3.11. The highest BCUT2D eigenvalue weighted by Crippen LogP contribution is 2.31. The summed E-state index contributed by atoms with van der Waals surface area (Å²) in [5.41, 5.74) is 2.85. The minimum absolute atomic E-state index is 0.365. The Hall–Kier alpha value is -1.28. The summed E-state index contributed by atoms with van der Waals surface area (Å²) in [5, 5.41) is 0. The van der Waals surface area contributed by atoms with Gasteiger partial charge in [-0.15, -0.1) is 13.2 Å². The van der Waals surface area contributed by atoms with Crippen LogP contribution in [0.1, 0.15) is 11.7 Å². The third-order valence-corrected chi connectivity index (χ3v) is 2.52. The van der Waals surface area contributed by atoms with E-state index in [1.807, 2.05) is 0 Å². The van der Waals surface area contributed by atoms with E-state index in [-0.39, 0.29) is 0 Å². The zero-order valence-corrected chi connectivity index (χ0v) is 10.2. The minimum atomic E-state index is -4.92. The molecule has 0 saturated carbocycles. The van der Waals surface area contributed by atoms with Crippen molar-refractivity contribution in [1.29, 1.82) is 0 Å². The second-order valence-corrected chi connectivity index (χ2v) is 4.25. The Morgan fingerprint density at radius 1 is 1.33 bits per heavy atom. The standard InChI is InChI=1S/C10H6BrF4NO2/c11-9-4-8(18-16-9)5-1-2-7(6(12)3-5)17-10(13,14)15/h1-4,8,16H. The Bertz CT molecular complexity index is 489. The van der Waals surface area contributed by atoms with Gasteiger partial charge in [-0.05, 0) is 39.7 Å². The van der Waals surface area contributed by atoms with Crippen LogP contribution >= 0.6 is 15.9 Å². The van der Waals surface area contributed by atoms with Gasteiger partial charge in [-0.1, -0.05) is 6.07 Å². The molecule has 1 heterocycles. The number of hydrogen-bond acceptors (Lipinski definition) is 3. The second-order valence-electron chi connectivity index (χ2n) is 3.39. The zero-order chi connectivity index (χ0) is 13.3. The van der Waals surface area contributed by atoms with E-state index in [1.165, 1.54) is 6.07 Å². The predicted octanol–water partition coefficient (Wildman–Crippen LogP) is 3.54. The molecular formula is C10H6BrF4NO2. The normalized spacial score (nSPS) is 19.4. The summed E-state index contributed by atoms with van der Waals surface area (Å²) in [6.45, 7) is 0. The molecule has 1 N–H and O–H groups in total. The highest BCUT2D eigenvalue weighted by atomic mass is 79.9. The SMILES string of the molecule is Fc1cc(C2C=C(Br)NO2)ccc1OC(F)(F)F. The van der Waals surface area contributed by atoms with Gasteiger partial charge in [-0.3, -0.25) is 10.3 Å². The summed E-state index contributed by atoms with van der Waals surface area (Å²) in [6, 6.07) is 3.12. The molecule has 0 spiro atoms. The van der Waals surface area contributed by atoms with Crippen LogP contribution in [0.4, 0.5) is 17.6 Å². The van der Waals surface area contributed by atoms with E-state index in [9.17, 15) is 17.6 Å². The summed E-state index contributed by atoms with van der Waals surface area (Å²) in [6.07, 6.45) is -3.90. The van der Waals surface area contributed by atoms with Crippen molar-refractivity contribution in [2.24, 2.45) is 0 Å². The van der Waals surface area contributed by atoms with Gasteiger partial charge in [0, 0.05) is 0 Å². The molecule has 2 rings (SSSR count). The maximum atomic E-state index is 13.4. The quantitative estimate of drug-likeness (QED) is 0.665. The fourth-order valence-corrected chi connectivity index (χ4v) is 1.72. The molecule has 0 bridgehead atoms. The van der Waals surface area contributed by atoms with Crippen LogP contribution in [0.15, 0.2) is 28.9 Å². The molecular weight excluding hydrogens is 322 g/mol. The minimum Gasteiger partial charge on any atom is -0.403 e. The molecule has 1 aromatic carbocycles. The van der Waals surface area contributed by atoms with Gasteiger partial charge in [-0.2, -0.15) is 0 Å². The fourth-order valence-electron chi connectivity index (χ4n) is 1.39. The number of benzene rings is 1. The van der Waals surface area contributed by atoms with Gasteiger partial charge in [0.15, 0.2) is 11.6 Å². The summed E-state index contributed by atoms with van der Waals surface area (Å²) in [7, 11) is 0. The highest BCUT2D eigenvalue weighted by molar-refractivity contribution is 9.11. The Labute approximate surface area is 107 Å². The second kappa shape index (κ2) is 4.77. The zero-order valence-electron chi connectivity index (χ0n) is 8.59. The van der Waals surface area contributed by atoms with Gasteiger partial charge < -0.3 is 4.74 Å². The fraction of sp³-hybridized carbons (Fsp3) is 0.200. The molecule has 1 atom stereocenters. The molecule has 98 valence electrons. The van der Waals surface area contributed by atoms with E-state index in [0.717, 1.165) is 12.1 Å². The van der Waals surface area contributed by atoms with E-state index < -0.39 is 24.0 Å². The Morgan fingerprint density at radius 2 is 2.06 bits per heavy atom. The lowest BCUT2D eigenvalue weighted by Gasteiger charge is -2.12. The van der Waals surface area contributed by atoms with Gasteiger partial charge in [0.2, 0.25) is 0 Å². The molecule has 0 amide bonds. The Balaban J connectivity index is 2.20. The average Bonchev–Trinajstić information content (AvgIpc) is 2.66. The van der Waals surface area contributed by atoms with Crippen LogP contribution in [0.2, 0.25) is 0 Å². The van der Waals surface area contributed by atoms with E-state index in [0.29, 0.717) is 10.2 Å².